The summed E-state index contributed by atoms with van der Waals surface area (Å²) in [6.07, 6.45) is 2.96. The van der Waals surface area contributed by atoms with Crippen LogP contribution in [0.15, 0.2) is 35.4 Å². The lowest BCUT2D eigenvalue weighted by Crippen LogP contribution is -2.19. The molecule has 0 saturated heterocycles. The Morgan fingerprint density at radius 1 is 1.41 bits per heavy atom. The fraction of sp³-hybridized carbons (Fsp3) is 0.438. The predicted octanol–water partition coefficient (Wildman–Crippen LogP) is 3.23. The molecule has 22 heavy (non-hydrogen) atoms. The lowest BCUT2D eigenvalue weighted by Gasteiger charge is -2.25. The van der Waals surface area contributed by atoms with Gasteiger partial charge in [0.1, 0.15) is 11.6 Å². The molecular formula is C16H21FN4S. The molecule has 118 valence electrons. The maximum absolute atomic E-state index is 13.5. The van der Waals surface area contributed by atoms with E-state index in [9.17, 15) is 4.39 Å². The normalized spacial score (nSPS) is 17.5. The van der Waals surface area contributed by atoms with Gasteiger partial charge in [0.25, 0.3) is 0 Å². The summed E-state index contributed by atoms with van der Waals surface area (Å²) in [5.74, 6) is 1.72. The molecule has 0 fully saturated rings. The van der Waals surface area contributed by atoms with E-state index in [1.165, 1.54) is 6.07 Å². The van der Waals surface area contributed by atoms with Gasteiger partial charge in [-0.25, -0.2) is 4.39 Å². The minimum atomic E-state index is -0.176. The third-order valence-electron chi connectivity index (χ3n) is 3.75. The molecule has 6 heteroatoms. The molecule has 3 rings (SSSR count). The maximum atomic E-state index is 13.5. The van der Waals surface area contributed by atoms with E-state index in [0.717, 1.165) is 41.5 Å². The summed E-state index contributed by atoms with van der Waals surface area (Å²) in [6, 6.07) is 7.16. The molecule has 0 bridgehead atoms. The van der Waals surface area contributed by atoms with Gasteiger partial charge in [0.15, 0.2) is 0 Å². The van der Waals surface area contributed by atoms with E-state index in [0.29, 0.717) is 0 Å². The molecule has 4 nitrogen and oxygen atoms in total. The zero-order valence-electron chi connectivity index (χ0n) is 12.9. The Bertz CT molecular complexity index is 641. The SMILES string of the molecule is CN(C)CCn1ccc(N[C@H]2CCSc3ccc(F)cc32)n1. The van der Waals surface area contributed by atoms with Crippen LogP contribution in [0.25, 0.3) is 0 Å². The summed E-state index contributed by atoms with van der Waals surface area (Å²) in [6.45, 7) is 1.82. The molecule has 1 aliphatic rings. The highest BCUT2D eigenvalue weighted by Crippen LogP contribution is 2.37. The van der Waals surface area contributed by atoms with E-state index >= 15 is 0 Å². The van der Waals surface area contributed by atoms with Gasteiger partial charge >= 0.3 is 0 Å². The highest BCUT2D eigenvalue weighted by Gasteiger charge is 2.21. The number of nitrogens with one attached hydrogen (secondary N) is 1. The molecule has 0 unspecified atom stereocenters. The van der Waals surface area contributed by atoms with E-state index in [1.54, 1.807) is 17.8 Å². The Kier molecular flexibility index (Phi) is 4.69. The highest BCUT2D eigenvalue weighted by molar-refractivity contribution is 7.99. The zero-order chi connectivity index (χ0) is 15.5. The van der Waals surface area contributed by atoms with Gasteiger partial charge in [-0.1, -0.05) is 0 Å². The quantitative estimate of drug-likeness (QED) is 0.917. The van der Waals surface area contributed by atoms with Crippen molar-refractivity contribution in [2.45, 2.75) is 23.9 Å². The second-order valence-electron chi connectivity index (χ2n) is 5.78. The van der Waals surface area contributed by atoms with E-state index in [4.69, 9.17) is 0 Å². The minimum absolute atomic E-state index is 0.129. The standard InChI is InChI=1S/C16H21FN4S/c1-20(2)8-9-21-7-5-16(19-21)18-14-6-10-22-15-4-3-12(17)11-13(14)15/h3-5,7,11,14H,6,8-10H2,1-2H3,(H,18,19)/t14-/m0/s1. The first kappa shape index (κ1) is 15.4. The molecule has 0 saturated carbocycles. The average Bonchev–Trinajstić information content (AvgIpc) is 2.93. The van der Waals surface area contributed by atoms with Crippen molar-refractivity contribution in [3.05, 3.63) is 41.8 Å². The first-order valence-electron chi connectivity index (χ1n) is 7.49. The first-order chi connectivity index (χ1) is 10.6. The number of hydrogen-bond acceptors (Lipinski definition) is 4. The van der Waals surface area contributed by atoms with Crippen LogP contribution in [-0.2, 0) is 6.54 Å². The van der Waals surface area contributed by atoms with E-state index < -0.39 is 0 Å². The van der Waals surface area contributed by atoms with Gasteiger partial charge in [-0.3, -0.25) is 4.68 Å². The number of anilines is 1. The van der Waals surface area contributed by atoms with Gasteiger partial charge in [0, 0.05) is 29.5 Å². The molecule has 2 heterocycles. The van der Waals surface area contributed by atoms with Crippen molar-refractivity contribution >= 4 is 17.6 Å². The second-order valence-corrected chi connectivity index (χ2v) is 6.92. The van der Waals surface area contributed by atoms with Gasteiger partial charge in [0.05, 0.1) is 12.6 Å². The Balaban J connectivity index is 1.71. The maximum Gasteiger partial charge on any atom is 0.148 e. The third kappa shape index (κ3) is 3.62. The Morgan fingerprint density at radius 2 is 2.27 bits per heavy atom. The number of likely N-dealkylation sites (N-methyl/N-ethyl adjacent to an activating group) is 1. The Morgan fingerprint density at radius 3 is 3.09 bits per heavy atom. The van der Waals surface area contributed by atoms with Crippen LogP contribution < -0.4 is 5.32 Å². The van der Waals surface area contributed by atoms with Crippen LogP contribution >= 0.6 is 11.8 Å². The van der Waals surface area contributed by atoms with E-state index in [2.05, 4.69) is 15.3 Å². The van der Waals surface area contributed by atoms with Crippen molar-refractivity contribution in [3.8, 4) is 0 Å². The molecule has 2 aromatic rings. The summed E-state index contributed by atoms with van der Waals surface area (Å²) in [4.78, 5) is 3.30. The summed E-state index contributed by atoms with van der Waals surface area (Å²) in [5.41, 5.74) is 1.04. The number of halogens is 1. The van der Waals surface area contributed by atoms with Crippen LogP contribution in [0.3, 0.4) is 0 Å². The third-order valence-corrected chi connectivity index (χ3v) is 4.87. The molecule has 1 aromatic carbocycles. The Labute approximate surface area is 134 Å². The molecule has 0 radical (unpaired) electrons. The number of hydrogen-bond donors (Lipinski definition) is 1. The van der Waals surface area contributed by atoms with Crippen molar-refractivity contribution in [2.24, 2.45) is 0 Å². The molecule has 1 N–H and O–H groups in total. The summed E-state index contributed by atoms with van der Waals surface area (Å²) < 4.78 is 15.5. The van der Waals surface area contributed by atoms with Crippen LogP contribution in [0.4, 0.5) is 10.2 Å². The summed E-state index contributed by atoms with van der Waals surface area (Å²) in [7, 11) is 4.10. The molecule has 1 aliphatic heterocycles. The molecule has 0 amide bonds. The fourth-order valence-corrected chi connectivity index (χ4v) is 3.66. The molecule has 1 atom stereocenters. The number of rotatable bonds is 5. The van der Waals surface area contributed by atoms with Crippen LogP contribution in [-0.4, -0.2) is 41.1 Å². The second kappa shape index (κ2) is 6.71. The lowest BCUT2D eigenvalue weighted by atomic mass is 10.0. The highest BCUT2D eigenvalue weighted by atomic mass is 32.2. The van der Waals surface area contributed by atoms with E-state index in [-0.39, 0.29) is 11.9 Å². The molecule has 0 spiro atoms. The Hall–Kier alpha value is -1.53. The van der Waals surface area contributed by atoms with Crippen LogP contribution in [0.1, 0.15) is 18.0 Å². The smallest absolute Gasteiger partial charge is 0.148 e. The number of fused-ring (bicyclic) bond motifs is 1. The van der Waals surface area contributed by atoms with Crippen molar-refractivity contribution in [1.82, 2.24) is 14.7 Å². The molecule has 1 aromatic heterocycles. The molecular weight excluding hydrogens is 299 g/mol. The number of benzene rings is 1. The number of thioether (sulfide) groups is 1. The number of nitrogens with zero attached hydrogens (tertiary/aromatic N) is 3. The van der Waals surface area contributed by atoms with Crippen molar-refractivity contribution < 1.29 is 4.39 Å². The lowest BCUT2D eigenvalue weighted by molar-refractivity contribution is 0.373. The predicted molar refractivity (Wildman–Crippen MR) is 88.9 cm³/mol. The van der Waals surface area contributed by atoms with Gasteiger partial charge in [-0.05, 0) is 44.3 Å². The fourth-order valence-electron chi connectivity index (χ4n) is 2.56. The van der Waals surface area contributed by atoms with Crippen LogP contribution in [0.5, 0.6) is 0 Å². The van der Waals surface area contributed by atoms with Crippen molar-refractivity contribution in [2.75, 3.05) is 31.7 Å². The monoisotopic (exact) mass is 320 g/mol. The van der Waals surface area contributed by atoms with Gasteiger partial charge in [0.2, 0.25) is 0 Å². The summed E-state index contributed by atoms with van der Waals surface area (Å²) >= 11 is 1.79. The van der Waals surface area contributed by atoms with Gasteiger partial charge in [-0.15, -0.1) is 11.8 Å². The summed E-state index contributed by atoms with van der Waals surface area (Å²) in [5, 5.41) is 8.00. The van der Waals surface area contributed by atoms with Crippen LogP contribution in [0.2, 0.25) is 0 Å². The topological polar surface area (TPSA) is 33.1 Å². The largest absolute Gasteiger partial charge is 0.362 e. The molecule has 0 aliphatic carbocycles. The minimum Gasteiger partial charge on any atom is -0.362 e. The average molecular weight is 320 g/mol. The van der Waals surface area contributed by atoms with Gasteiger partial charge in [-0.2, -0.15) is 5.10 Å². The zero-order valence-corrected chi connectivity index (χ0v) is 13.7. The van der Waals surface area contributed by atoms with Crippen molar-refractivity contribution in [3.63, 3.8) is 0 Å². The number of aromatic nitrogens is 2. The first-order valence-corrected chi connectivity index (χ1v) is 8.47. The van der Waals surface area contributed by atoms with Gasteiger partial charge < -0.3 is 10.2 Å². The van der Waals surface area contributed by atoms with Crippen molar-refractivity contribution in [1.29, 1.82) is 0 Å². The van der Waals surface area contributed by atoms with E-state index in [1.807, 2.05) is 37.1 Å². The van der Waals surface area contributed by atoms with Crippen LogP contribution in [0, 0.1) is 5.82 Å².